The van der Waals surface area contributed by atoms with Gasteiger partial charge in [0.2, 0.25) is 5.91 Å². The number of carbonyl (C=O) groups excluding carboxylic acids is 1. The van der Waals surface area contributed by atoms with Gasteiger partial charge in [0.1, 0.15) is 0 Å². The number of carbonyl (C=O) groups is 1. The number of amides is 1. The average molecular weight is 284 g/mol. The van der Waals surface area contributed by atoms with Gasteiger partial charge < -0.3 is 10.6 Å². The summed E-state index contributed by atoms with van der Waals surface area (Å²) in [5.41, 5.74) is -4.21. The quantitative estimate of drug-likeness (QED) is 0.734. The lowest BCUT2D eigenvalue weighted by Gasteiger charge is -2.22. The predicted molar refractivity (Wildman–Crippen MR) is 66.4 cm³/mol. The van der Waals surface area contributed by atoms with Crippen molar-refractivity contribution in [3.8, 4) is 0 Å². The molecule has 0 unspecified atom stereocenters. The summed E-state index contributed by atoms with van der Waals surface area (Å²) in [5.74, 6) is 0.306. The summed E-state index contributed by atoms with van der Waals surface area (Å²) in [7, 11) is 0. The standard InChI is InChI=1S/C11H19F3N2OS/c12-11(13,14)18-8-7-16-10(17)2-1-9-3-5-15-6-4-9/h9,15H,1-8H2,(H,16,17). The smallest absolute Gasteiger partial charge is 0.355 e. The molecule has 0 saturated carbocycles. The summed E-state index contributed by atoms with van der Waals surface area (Å²) in [6.07, 6.45) is 3.41. The van der Waals surface area contributed by atoms with E-state index in [2.05, 4.69) is 10.6 Å². The molecule has 7 heteroatoms. The van der Waals surface area contributed by atoms with Crippen LogP contribution in [0.5, 0.6) is 0 Å². The van der Waals surface area contributed by atoms with E-state index in [9.17, 15) is 18.0 Å². The van der Waals surface area contributed by atoms with Gasteiger partial charge in [0.15, 0.2) is 0 Å². The summed E-state index contributed by atoms with van der Waals surface area (Å²) < 4.78 is 35.4. The molecular formula is C11H19F3N2OS. The van der Waals surface area contributed by atoms with Crippen molar-refractivity contribution in [2.75, 3.05) is 25.4 Å². The average Bonchev–Trinajstić information content (AvgIpc) is 2.32. The molecular weight excluding hydrogens is 265 g/mol. The van der Waals surface area contributed by atoms with Gasteiger partial charge in [-0.2, -0.15) is 13.2 Å². The molecule has 0 radical (unpaired) electrons. The molecule has 1 fully saturated rings. The zero-order chi connectivity index (χ0) is 13.4. The topological polar surface area (TPSA) is 41.1 Å². The van der Waals surface area contributed by atoms with Gasteiger partial charge >= 0.3 is 5.51 Å². The molecule has 3 nitrogen and oxygen atoms in total. The normalized spacial score (nSPS) is 17.7. The fraction of sp³-hybridized carbons (Fsp3) is 0.909. The molecule has 0 aliphatic carbocycles. The van der Waals surface area contributed by atoms with Crippen molar-refractivity contribution in [1.29, 1.82) is 0 Å². The summed E-state index contributed by atoms with van der Waals surface area (Å²) >= 11 is -0.101. The van der Waals surface area contributed by atoms with Crippen LogP contribution in [0.1, 0.15) is 25.7 Å². The first-order valence-electron chi connectivity index (χ1n) is 6.15. The predicted octanol–water partition coefficient (Wildman–Crippen LogP) is 2.14. The van der Waals surface area contributed by atoms with E-state index in [0.717, 1.165) is 32.4 Å². The molecule has 0 spiro atoms. The minimum Gasteiger partial charge on any atom is -0.355 e. The van der Waals surface area contributed by atoms with Gasteiger partial charge in [0, 0.05) is 18.7 Å². The van der Waals surface area contributed by atoms with E-state index in [1.54, 1.807) is 0 Å². The molecule has 1 amide bonds. The molecule has 0 atom stereocenters. The Morgan fingerprint density at radius 2 is 2.00 bits per heavy atom. The third kappa shape index (κ3) is 7.81. The van der Waals surface area contributed by atoms with Crippen LogP contribution < -0.4 is 10.6 Å². The Labute approximate surface area is 109 Å². The Hall–Kier alpha value is -0.430. The van der Waals surface area contributed by atoms with E-state index < -0.39 is 5.51 Å². The zero-order valence-corrected chi connectivity index (χ0v) is 11.0. The maximum absolute atomic E-state index is 11.8. The molecule has 1 aliphatic rings. The number of piperidine rings is 1. The lowest BCUT2D eigenvalue weighted by molar-refractivity contribution is -0.121. The van der Waals surface area contributed by atoms with Crippen molar-refractivity contribution in [2.45, 2.75) is 31.2 Å². The lowest BCUT2D eigenvalue weighted by atomic mass is 9.93. The number of alkyl halides is 3. The van der Waals surface area contributed by atoms with E-state index in [1.165, 1.54) is 0 Å². The summed E-state index contributed by atoms with van der Waals surface area (Å²) in [4.78, 5) is 11.4. The summed E-state index contributed by atoms with van der Waals surface area (Å²) in [5, 5.41) is 5.77. The van der Waals surface area contributed by atoms with Crippen LogP contribution in [0.15, 0.2) is 0 Å². The van der Waals surface area contributed by atoms with Crippen molar-refractivity contribution in [3.63, 3.8) is 0 Å². The van der Waals surface area contributed by atoms with Crippen molar-refractivity contribution in [1.82, 2.24) is 10.6 Å². The lowest BCUT2D eigenvalue weighted by Crippen LogP contribution is -2.30. The van der Waals surface area contributed by atoms with Crippen LogP contribution in [0.3, 0.4) is 0 Å². The number of rotatable bonds is 6. The van der Waals surface area contributed by atoms with Crippen molar-refractivity contribution < 1.29 is 18.0 Å². The Bertz CT molecular complexity index is 255. The van der Waals surface area contributed by atoms with Crippen LogP contribution in [0.25, 0.3) is 0 Å². The van der Waals surface area contributed by atoms with Gasteiger partial charge in [-0.05, 0) is 50.0 Å². The fourth-order valence-electron chi connectivity index (χ4n) is 1.95. The highest BCUT2D eigenvalue weighted by atomic mass is 32.2. The van der Waals surface area contributed by atoms with Gasteiger partial charge in [-0.1, -0.05) is 0 Å². The molecule has 106 valence electrons. The van der Waals surface area contributed by atoms with E-state index >= 15 is 0 Å². The summed E-state index contributed by atoms with van der Waals surface area (Å²) in [6, 6.07) is 0. The molecule has 0 aromatic carbocycles. The maximum Gasteiger partial charge on any atom is 0.441 e. The largest absolute Gasteiger partial charge is 0.441 e. The SMILES string of the molecule is O=C(CCC1CCNCC1)NCCSC(F)(F)F. The highest BCUT2D eigenvalue weighted by Gasteiger charge is 2.27. The Balaban J connectivity index is 2.00. The second-order valence-corrected chi connectivity index (χ2v) is 5.54. The van der Waals surface area contributed by atoms with Crippen molar-refractivity contribution in [2.24, 2.45) is 5.92 Å². The van der Waals surface area contributed by atoms with Crippen LogP contribution in [-0.2, 0) is 4.79 Å². The Kier molecular flexibility index (Phi) is 6.85. The molecule has 18 heavy (non-hydrogen) atoms. The van der Waals surface area contributed by atoms with E-state index in [1.807, 2.05) is 0 Å². The van der Waals surface area contributed by atoms with Gasteiger partial charge in [0.05, 0.1) is 0 Å². The molecule has 1 saturated heterocycles. The van der Waals surface area contributed by atoms with Crippen molar-refractivity contribution in [3.05, 3.63) is 0 Å². The van der Waals surface area contributed by atoms with Crippen LogP contribution in [-0.4, -0.2) is 36.8 Å². The molecule has 1 rings (SSSR count). The number of thioether (sulfide) groups is 1. The molecule has 0 aromatic heterocycles. The monoisotopic (exact) mass is 284 g/mol. The number of nitrogens with one attached hydrogen (secondary N) is 2. The summed E-state index contributed by atoms with van der Waals surface area (Å²) in [6.45, 7) is 2.07. The van der Waals surface area contributed by atoms with Crippen LogP contribution >= 0.6 is 11.8 Å². The Morgan fingerprint density at radius 3 is 2.61 bits per heavy atom. The first-order chi connectivity index (χ1) is 8.47. The van der Waals surface area contributed by atoms with E-state index in [4.69, 9.17) is 0 Å². The molecule has 1 heterocycles. The number of hydrogen-bond donors (Lipinski definition) is 2. The van der Waals surface area contributed by atoms with E-state index in [0.29, 0.717) is 12.3 Å². The van der Waals surface area contributed by atoms with Gasteiger partial charge in [0.25, 0.3) is 0 Å². The van der Waals surface area contributed by atoms with Crippen LogP contribution in [0.4, 0.5) is 13.2 Å². The third-order valence-corrected chi connectivity index (χ3v) is 3.66. The van der Waals surface area contributed by atoms with E-state index in [-0.39, 0.29) is 30.0 Å². The second kappa shape index (κ2) is 7.89. The van der Waals surface area contributed by atoms with Gasteiger partial charge in [-0.3, -0.25) is 4.79 Å². The third-order valence-electron chi connectivity index (χ3n) is 2.93. The second-order valence-electron chi connectivity index (χ2n) is 4.38. The molecule has 2 N–H and O–H groups in total. The van der Waals surface area contributed by atoms with Gasteiger partial charge in [-0.25, -0.2) is 0 Å². The highest BCUT2D eigenvalue weighted by Crippen LogP contribution is 2.29. The first-order valence-corrected chi connectivity index (χ1v) is 7.14. The number of halogens is 3. The molecule has 1 aliphatic heterocycles. The minimum atomic E-state index is -4.21. The van der Waals surface area contributed by atoms with Gasteiger partial charge in [-0.15, -0.1) is 0 Å². The Morgan fingerprint density at radius 1 is 1.33 bits per heavy atom. The molecule has 0 aromatic rings. The fourth-order valence-corrected chi connectivity index (χ4v) is 2.39. The van der Waals surface area contributed by atoms with Crippen molar-refractivity contribution >= 4 is 17.7 Å². The van der Waals surface area contributed by atoms with Crippen LogP contribution in [0.2, 0.25) is 0 Å². The molecule has 0 bridgehead atoms. The highest BCUT2D eigenvalue weighted by molar-refractivity contribution is 8.00. The number of hydrogen-bond acceptors (Lipinski definition) is 3. The minimum absolute atomic E-state index is 0.0786. The van der Waals surface area contributed by atoms with Crippen LogP contribution in [0, 0.1) is 5.92 Å². The maximum atomic E-state index is 11.8. The first kappa shape index (κ1) is 15.6. The zero-order valence-electron chi connectivity index (χ0n) is 10.2.